The second kappa shape index (κ2) is 10.4. The predicted molar refractivity (Wildman–Crippen MR) is 125 cm³/mol. The fraction of sp³-hybridized carbons (Fsp3) is 0.591. The normalized spacial score (nSPS) is 19.9. The van der Waals surface area contributed by atoms with Crippen LogP contribution in [0.3, 0.4) is 0 Å². The molecule has 170 valence electrons. The Labute approximate surface area is 189 Å². The molecule has 2 aromatic rings. The molecule has 3 heterocycles. The van der Waals surface area contributed by atoms with Gasteiger partial charge in [-0.2, -0.15) is 17.0 Å². The van der Waals surface area contributed by atoms with Gasteiger partial charge in [-0.3, -0.25) is 4.90 Å². The van der Waals surface area contributed by atoms with Crippen LogP contribution in [0.25, 0.3) is 10.6 Å². The lowest BCUT2D eigenvalue weighted by Crippen LogP contribution is -2.52. The molecule has 4 rings (SSSR count). The van der Waals surface area contributed by atoms with Gasteiger partial charge in [-0.15, -0.1) is 11.3 Å². The highest BCUT2D eigenvalue weighted by Gasteiger charge is 2.32. The molecule has 0 saturated carbocycles. The number of thiazole rings is 1. The van der Waals surface area contributed by atoms with Gasteiger partial charge in [0.1, 0.15) is 10.8 Å². The lowest BCUT2D eigenvalue weighted by molar-refractivity contribution is 0.173. The van der Waals surface area contributed by atoms with E-state index in [1.807, 2.05) is 31.2 Å². The van der Waals surface area contributed by atoms with Crippen molar-refractivity contribution in [3.8, 4) is 16.3 Å². The first kappa shape index (κ1) is 22.7. The van der Waals surface area contributed by atoms with Crippen molar-refractivity contribution in [2.24, 2.45) is 0 Å². The number of rotatable bonds is 7. The molecule has 2 aliphatic heterocycles. The molecule has 7 nitrogen and oxygen atoms in total. The monoisotopic (exact) mass is 464 g/mol. The smallest absolute Gasteiger partial charge is 0.282 e. The van der Waals surface area contributed by atoms with Crippen LogP contribution >= 0.6 is 11.3 Å². The van der Waals surface area contributed by atoms with Gasteiger partial charge in [0.2, 0.25) is 0 Å². The Bertz CT molecular complexity index is 930. The number of aromatic nitrogens is 1. The number of benzene rings is 1. The Morgan fingerprint density at radius 2 is 1.58 bits per heavy atom. The molecule has 0 unspecified atom stereocenters. The summed E-state index contributed by atoms with van der Waals surface area (Å²) in [6, 6.07) is 8.04. The van der Waals surface area contributed by atoms with Gasteiger partial charge in [0.15, 0.2) is 0 Å². The molecule has 2 fully saturated rings. The topological polar surface area (TPSA) is 66.0 Å². The third-order valence-corrected chi connectivity index (χ3v) is 8.87. The van der Waals surface area contributed by atoms with Crippen LogP contribution in [-0.4, -0.2) is 72.8 Å². The number of ether oxygens (including phenoxy) is 1. The van der Waals surface area contributed by atoms with Crippen LogP contribution < -0.4 is 4.74 Å². The molecule has 0 bridgehead atoms. The van der Waals surface area contributed by atoms with Crippen molar-refractivity contribution < 1.29 is 13.2 Å². The van der Waals surface area contributed by atoms with Crippen LogP contribution in [0.1, 0.15) is 38.3 Å². The zero-order chi connectivity index (χ0) is 21.7. The van der Waals surface area contributed by atoms with Crippen LogP contribution in [0.4, 0.5) is 0 Å². The summed E-state index contributed by atoms with van der Waals surface area (Å²) in [6.45, 7) is 7.30. The number of hydrogen-bond acceptors (Lipinski definition) is 6. The molecular formula is C22H32N4O3S2. The Morgan fingerprint density at radius 1 is 0.935 bits per heavy atom. The molecule has 9 heteroatoms. The van der Waals surface area contributed by atoms with Crippen molar-refractivity contribution >= 4 is 21.5 Å². The molecule has 2 saturated heterocycles. The zero-order valence-electron chi connectivity index (χ0n) is 18.2. The second-order valence-corrected chi connectivity index (χ2v) is 10.9. The Hall–Kier alpha value is -1.52. The standard InChI is InChI=1S/C22H32N4O3S2/c1-2-29-21-9-7-19(8-10-21)22-23-20(18-30-22)17-24-13-15-26(16-14-24)31(27,28)25-11-5-3-4-6-12-25/h7-10,18H,2-6,11-17H2,1H3. The molecule has 1 aromatic carbocycles. The number of nitrogens with zero attached hydrogens (tertiary/aromatic N) is 4. The van der Waals surface area contributed by atoms with Crippen LogP contribution in [-0.2, 0) is 16.8 Å². The third kappa shape index (κ3) is 5.64. The fourth-order valence-electron chi connectivity index (χ4n) is 4.16. The summed E-state index contributed by atoms with van der Waals surface area (Å²) in [7, 11) is -3.33. The minimum absolute atomic E-state index is 0.550. The van der Waals surface area contributed by atoms with E-state index in [-0.39, 0.29) is 0 Å². The van der Waals surface area contributed by atoms with Gasteiger partial charge >= 0.3 is 0 Å². The van der Waals surface area contributed by atoms with E-state index in [1.54, 1.807) is 19.9 Å². The average molecular weight is 465 g/mol. The average Bonchev–Trinajstić information content (AvgIpc) is 3.06. The van der Waals surface area contributed by atoms with Gasteiger partial charge in [0, 0.05) is 56.8 Å². The van der Waals surface area contributed by atoms with Crippen molar-refractivity contribution in [2.75, 3.05) is 45.9 Å². The molecule has 0 N–H and O–H groups in total. The lowest BCUT2D eigenvalue weighted by atomic mass is 10.2. The van der Waals surface area contributed by atoms with E-state index in [4.69, 9.17) is 9.72 Å². The molecule has 0 radical (unpaired) electrons. The molecule has 0 aliphatic carbocycles. The molecule has 0 atom stereocenters. The molecule has 1 aromatic heterocycles. The molecular weight excluding hydrogens is 432 g/mol. The quantitative estimate of drug-likeness (QED) is 0.628. The van der Waals surface area contributed by atoms with Crippen LogP contribution in [0.15, 0.2) is 29.6 Å². The van der Waals surface area contributed by atoms with E-state index in [0.29, 0.717) is 32.8 Å². The van der Waals surface area contributed by atoms with Crippen LogP contribution in [0.5, 0.6) is 5.75 Å². The van der Waals surface area contributed by atoms with Gasteiger partial charge in [-0.1, -0.05) is 12.8 Å². The lowest BCUT2D eigenvalue weighted by Gasteiger charge is -2.36. The SMILES string of the molecule is CCOc1ccc(-c2nc(CN3CCN(S(=O)(=O)N4CCCCCC4)CC3)cs2)cc1. The van der Waals surface area contributed by atoms with Crippen molar-refractivity contribution in [3.05, 3.63) is 35.3 Å². The largest absolute Gasteiger partial charge is 0.494 e. The Kier molecular flexibility index (Phi) is 7.60. The highest BCUT2D eigenvalue weighted by Crippen LogP contribution is 2.26. The summed E-state index contributed by atoms with van der Waals surface area (Å²) in [5, 5.41) is 3.10. The first-order valence-corrected chi connectivity index (χ1v) is 13.5. The summed E-state index contributed by atoms with van der Waals surface area (Å²) >= 11 is 1.64. The van der Waals surface area contributed by atoms with E-state index in [9.17, 15) is 8.42 Å². The van der Waals surface area contributed by atoms with Crippen molar-refractivity contribution in [1.29, 1.82) is 0 Å². The maximum atomic E-state index is 13.0. The first-order chi connectivity index (χ1) is 15.1. The van der Waals surface area contributed by atoms with Gasteiger partial charge < -0.3 is 4.74 Å². The van der Waals surface area contributed by atoms with Crippen molar-refractivity contribution in [2.45, 2.75) is 39.2 Å². The van der Waals surface area contributed by atoms with E-state index in [2.05, 4.69) is 10.3 Å². The van der Waals surface area contributed by atoms with Crippen molar-refractivity contribution in [1.82, 2.24) is 18.5 Å². The minimum Gasteiger partial charge on any atom is -0.494 e. The Balaban J connectivity index is 1.31. The molecule has 0 spiro atoms. The minimum atomic E-state index is -3.33. The Morgan fingerprint density at radius 3 is 2.23 bits per heavy atom. The predicted octanol–water partition coefficient (Wildman–Crippen LogP) is 3.45. The highest BCUT2D eigenvalue weighted by atomic mass is 32.2. The van der Waals surface area contributed by atoms with Crippen LogP contribution in [0, 0.1) is 0 Å². The van der Waals surface area contributed by atoms with Gasteiger partial charge in [0.25, 0.3) is 10.2 Å². The molecule has 0 amide bonds. The van der Waals surface area contributed by atoms with E-state index in [1.165, 1.54) is 0 Å². The maximum Gasteiger partial charge on any atom is 0.282 e. The number of piperazine rings is 1. The van der Waals surface area contributed by atoms with Gasteiger partial charge in [0.05, 0.1) is 12.3 Å². The fourth-order valence-corrected chi connectivity index (χ4v) is 6.64. The second-order valence-electron chi connectivity index (χ2n) is 8.10. The zero-order valence-corrected chi connectivity index (χ0v) is 19.8. The van der Waals surface area contributed by atoms with E-state index < -0.39 is 10.2 Å². The van der Waals surface area contributed by atoms with E-state index >= 15 is 0 Å². The van der Waals surface area contributed by atoms with Gasteiger partial charge in [-0.05, 0) is 44.0 Å². The van der Waals surface area contributed by atoms with E-state index in [0.717, 1.165) is 67.3 Å². The summed E-state index contributed by atoms with van der Waals surface area (Å²) in [4.78, 5) is 7.09. The third-order valence-electron chi connectivity index (χ3n) is 5.90. The summed E-state index contributed by atoms with van der Waals surface area (Å²) in [5.74, 6) is 0.871. The van der Waals surface area contributed by atoms with Gasteiger partial charge in [-0.25, -0.2) is 4.98 Å². The summed E-state index contributed by atoms with van der Waals surface area (Å²) in [5.41, 5.74) is 2.13. The van der Waals surface area contributed by atoms with Crippen molar-refractivity contribution in [3.63, 3.8) is 0 Å². The molecule has 31 heavy (non-hydrogen) atoms. The number of hydrogen-bond donors (Lipinski definition) is 0. The first-order valence-electron chi connectivity index (χ1n) is 11.2. The highest BCUT2D eigenvalue weighted by molar-refractivity contribution is 7.86. The maximum absolute atomic E-state index is 13.0. The van der Waals surface area contributed by atoms with Crippen LogP contribution in [0.2, 0.25) is 0 Å². The summed E-state index contributed by atoms with van der Waals surface area (Å²) in [6.07, 6.45) is 4.21. The summed E-state index contributed by atoms with van der Waals surface area (Å²) < 4.78 is 34.9. The molecule has 2 aliphatic rings.